The molecule has 1 N–H and O–H groups in total. The maximum absolute atomic E-state index is 12.7. The molecule has 0 atom stereocenters. The second-order valence-corrected chi connectivity index (χ2v) is 7.34. The maximum atomic E-state index is 12.7. The lowest BCUT2D eigenvalue weighted by atomic mass is 10.1. The Balaban J connectivity index is 1.76. The number of rotatable bonds is 3. The number of hydrogen-bond acceptors (Lipinski definition) is 5. The van der Waals surface area contributed by atoms with Crippen LogP contribution in [-0.2, 0) is 0 Å². The van der Waals surface area contributed by atoms with E-state index in [4.69, 9.17) is 9.72 Å². The van der Waals surface area contributed by atoms with Crippen molar-refractivity contribution in [3.05, 3.63) is 75.6 Å². The number of benzene rings is 2. The van der Waals surface area contributed by atoms with E-state index in [1.165, 1.54) is 6.20 Å². The van der Waals surface area contributed by atoms with Crippen LogP contribution in [0.1, 0.15) is 0 Å². The van der Waals surface area contributed by atoms with E-state index in [1.807, 2.05) is 54.6 Å². The van der Waals surface area contributed by atoms with Gasteiger partial charge in [0.15, 0.2) is 5.65 Å². The number of nitrogens with zero attached hydrogens (tertiary/aromatic N) is 4. The summed E-state index contributed by atoms with van der Waals surface area (Å²) in [5.41, 5.74) is 2.39. The number of methoxy groups -OCH3 is 1. The highest BCUT2D eigenvalue weighted by atomic mass is 79.9. The van der Waals surface area contributed by atoms with Gasteiger partial charge in [0.25, 0.3) is 5.56 Å². The van der Waals surface area contributed by atoms with E-state index in [0.29, 0.717) is 28.3 Å². The molecule has 5 rings (SSSR count). The predicted octanol–water partition coefficient (Wildman–Crippen LogP) is 4.10. The van der Waals surface area contributed by atoms with E-state index in [2.05, 4.69) is 31.0 Å². The fraction of sp³-hybridized carbons (Fsp3) is 0.0476. The van der Waals surface area contributed by atoms with E-state index in [9.17, 15) is 4.79 Å². The molecule has 142 valence electrons. The molecular formula is C21H14BrN5O2. The molecule has 0 saturated carbocycles. The highest BCUT2D eigenvalue weighted by Crippen LogP contribution is 2.29. The summed E-state index contributed by atoms with van der Waals surface area (Å²) >= 11 is 3.43. The molecule has 0 aliphatic heterocycles. The summed E-state index contributed by atoms with van der Waals surface area (Å²) in [7, 11) is 1.54. The van der Waals surface area contributed by atoms with Crippen LogP contribution in [0.15, 0.2) is 70.1 Å². The van der Waals surface area contributed by atoms with Crippen LogP contribution in [0.3, 0.4) is 0 Å². The third-order valence-electron chi connectivity index (χ3n) is 4.65. The van der Waals surface area contributed by atoms with Crippen LogP contribution < -0.4 is 10.3 Å². The monoisotopic (exact) mass is 447 g/mol. The van der Waals surface area contributed by atoms with Crippen LogP contribution in [0.2, 0.25) is 0 Å². The first-order valence-electron chi connectivity index (χ1n) is 8.82. The van der Waals surface area contributed by atoms with Crippen LogP contribution in [-0.4, -0.2) is 31.8 Å². The Hall–Kier alpha value is -3.52. The number of nitrogens with one attached hydrogen (secondary N) is 1. The Labute approximate surface area is 173 Å². The number of aromatic nitrogens is 5. The first-order valence-corrected chi connectivity index (χ1v) is 9.61. The third kappa shape index (κ3) is 2.98. The van der Waals surface area contributed by atoms with Gasteiger partial charge in [0.1, 0.15) is 11.2 Å². The number of pyridine rings is 1. The van der Waals surface area contributed by atoms with Gasteiger partial charge in [-0.2, -0.15) is 5.10 Å². The SMILES string of the molecule is COc1nc2ccccc2cc1-c1nc2c(cnn2-c2ccc(Br)cc2)c(=O)[nH]1. The van der Waals surface area contributed by atoms with Gasteiger partial charge in [0.2, 0.25) is 5.88 Å². The van der Waals surface area contributed by atoms with Crippen LogP contribution in [0.4, 0.5) is 0 Å². The maximum Gasteiger partial charge on any atom is 0.262 e. The van der Waals surface area contributed by atoms with Gasteiger partial charge in [0, 0.05) is 9.86 Å². The molecule has 3 heterocycles. The summed E-state index contributed by atoms with van der Waals surface area (Å²) in [5.74, 6) is 0.761. The second kappa shape index (κ2) is 6.82. The molecule has 0 fully saturated rings. The third-order valence-corrected chi connectivity index (χ3v) is 5.18. The van der Waals surface area contributed by atoms with Crippen molar-refractivity contribution >= 4 is 37.9 Å². The van der Waals surface area contributed by atoms with Crippen molar-refractivity contribution < 1.29 is 4.74 Å². The van der Waals surface area contributed by atoms with Crippen molar-refractivity contribution in [2.45, 2.75) is 0 Å². The zero-order valence-corrected chi connectivity index (χ0v) is 16.8. The fourth-order valence-electron chi connectivity index (χ4n) is 3.24. The predicted molar refractivity (Wildman–Crippen MR) is 114 cm³/mol. The topological polar surface area (TPSA) is 85.7 Å². The van der Waals surface area contributed by atoms with Crippen LogP contribution in [0.5, 0.6) is 5.88 Å². The largest absolute Gasteiger partial charge is 0.480 e. The lowest BCUT2D eigenvalue weighted by Gasteiger charge is -2.09. The first-order chi connectivity index (χ1) is 14.1. The van der Waals surface area contributed by atoms with Crippen LogP contribution in [0, 0.1) is 0 Å². The summed E-state index contributed by atoms with van der Waals surface area (Å²) in [6.07, 6.45) is 1.52. The number of ether oxygens (including phenoxy) is 1. The molecular weight excluding hydrogens is 434 g/mol. The Bertz CT molecular complexity index is 1420. The normalized spacial score (nSPS) is 11.2. The van der Waals surface area contributed by atoms with E-state index in [-0.39, 0.29) is 5.56 Å². The molecule has 0 spiro atoms. The van der Waals surface area contributed by atoms with E-state index >= 15 is 0 Å². The Morgan fingerprint density at radius 2 is 1.86 bits per heavy atom. The summed E-state index contributed by atoms with van der Waals surface area (Å²) in [5, 5.41) is 5.69. The van der Waals surface area contributed by atoms with Gasteiger partial charge in [-0.1, -0.05) is 34.1 Å². The zero-order chi connectivity index (χ0) is 20.0. The summed E-state index contributed by atoms with van der Waals surface area (Å²) in [4.78, 5) is 24.8. The summed E-state index contributed by atoms with van der Waals surface area (Å²) in [6.45, 7) is 0. The zero-order valence-electron chi connectivity index (χ0n) is 15.3. The molecule has 0 radical (unpaired) electrons. The fourth-order valence-corrected chi connectivity index (χ4v) is 3.51. The number of H-pyrrole nitrogens is 1. The van der Waals surface area contributed by atoms with Gasteiger partial charge in [-0.25, -0.2) is 14.6 Å². The quantitative estimate of drug-likeness (QED) is 0.449. The molecule has 0 bridgehead atoms. The molecule has 29 heavy (non-hydrogen) atoms. The van der Waals surface area contributed by atoms with Gasteiger partial charge in [-0.3, -0.25) is 4.79 Å². The van der Waals surface area contributed by atoms with Gasteiger partial charge in [-0.15, -0.1) is 0 Å². The number of hydrogen-bond donors (Lipinski definition) is 1. The average molecular weight is 448 g/mol. The second-order valence-electron chi connectivity index (χ2n) is 6.42. The van der Waals surface area contributed by atoms with E-state index in [0.717, 1.165) is 21.1 Å². The average Bonchev–Trinajstić information content (AvgIpc) is 3.18. The number of para-hydroxylation sites is 1. The minimum atomic E-state index is -0.274. The van der Waals surface area contributed by atoms with Crippen molar-refractivity contribution in [1.29, 1.82) is 0 Å². The minimum absolute atomic E-state index is 0.274. The van der Waals surface area contributed by atoms with Crippen molar-refractivity contribution in [3.63, 3.8) is 0 Å². The van der Waals surface area contributed by atoms with E-state index < -0.39 is 0 Å². The highest BCUT2D eigenvalue weighted by Gasteiger charge is 2.16. The van der Waals surface area contributed by atoms with Gasteiger partial charge < -0.3 is 9.72 Å². The van der Waals surface area contributed by atoms with Crippen molar-refractivity contribution in [3.8, 4) is 23.0 Å². The lowest BCUT2D eigenvalue weighted by Crippen LogP contribution is -2.11. The van der Waals surface area contributed by atoms with Crippen molar-refractivity contribution in [2.75, 3.05) is 7.11 Å². The van der Waals surface area contributed by atoms with E-state index in [1.54, 1.807) is 11.8 Å². The molecule has 2 aromatic carbocycles. The smallest absolute Gasteiger partial charge is 0.262 e. The molecule has 0 aliphatic rings. The van der Waals surface area contributed by atoms with Crippen LogP contribution in [0.25, 0.3) is 39.0 Å². The Kier molecular flexibility index (Phi) is 4.13. The molecule has 0 aliphatic carbocycles. The summed E-state index contributed by atoms with van der Waals surface area (Å²) in [6, 6.07) is 17.2. The first kappa shape index (κ1) is 17.6. The number of aromatic amines is 1. The molecule has 5 aromatic rings. The Morgan fingerprint density at radius 1 is 1.07 bits per heavy atom. The highest BCUT2D eigenvalue weighted by molar-refractivity contribution is 9.10. The number of halogens is 1. The van der Waals surface area contributed by atoms with Gasteiger partial charge in [0.05, 0.1) is 30.1 Å². The molecule has 3 aromatic heterocycles. The van der Waals surface area contributed by atoms with Crippen molar-refractivity contribution in [2.24, 2.45) is 0 Å². The summed E-state index contributed by atoms with van der Waals surface area (Å²) < 4.78 is 8.06. The molecule has 0 saturated heterocycles. The minimum Gasteiger partial charge on any atom is -0.480 e. The lowest BCUT2D eigenvalue weighted by molar-refractivity contribution is 0.401. The van der Waals surface area contributed by atoms with Crippen LogP contribution >= 0.6 is 15.9 Å². The molecule has 7 nitrogen and oxygen atoms in total. The van der Waals surface area contributed by atoms with Gasteiger partial charge >= 0.3 is 0 Å². The van der Waals surface area contributed by atoms with Crippen molar-refractivity contribution in [1.82, 2.24) is 24.7 Å². The standard InChI is InChI=1S/C21H14BrN5O2/c1-29-21-15(10-12-4-2-3-5-17(12)24-21)18-25-19-16(20(28)26-18)11-23-27(19)14-8-6-13(22)7-9-14/h2-11H,1H3,(H,25,26,28). The number of fused-ring (bicyclic) bond motifs is 2. The molecule has 8 heteroatoms. The molecule has 0 amide bonds. The molecule has 0 unspecified atom stereocenters. The van der Waals surface area contributed by atoms with Gasteiger partial charge in [-0.05, 0) is 36.4 Å². The Morgan fingerprint density at radius 3 is 2.66 bits per heavy atom.